The third-order valence-electron chi connectivity index (χ3n) is 5.71. The number of thiophene rings is 1. The van der Waals surface area contributed by atoms with Gasteiger partial charge in [-0.05, 0) is 68.1 Å². The second kappa shape index (κ2) is 12.0. The van der Waals surface area contributed by atoms with Crippen LogP contribution in [-0.2, 0) is 16.0 Å². The number of benzene rings is 2. The van der Waals surface area contributed by atoms with E-state index in [-0.39, 0.29) is 17.7 Å². The largest absolute Gasteiger partial charge is 0.355 e. The highest BCUT2D eigenvalue weighted by atomic mass is 32.2. The first-order chi connectivity index (χ1) is 16.2. The predicted octanol–water partition coefficient (Wildman–Crippen LogP) is 4.91. The first-order valence-corrected chi connectivity index (χ1v) is 13.0. The number of piperidine rings is 1. The molecule has 4 rings (SSSR count). The van der Waals surface area contributed by atoms with Crippen LogP contribution in [0.2, 0.25) is 0 Å². The Balaban J connectivity index is 1.21. The van der Waals surface area contributed by atoms with Crippen molar-refractivity contribution in [3.8, 4) is 0 Å². The summed E-state index contributed by atoms with van der Waals surface area (Å²) < 4.78 is 0. The van der Waals surface area contributed by atoms with E-state index in [4.69, 9.17) is 0 Å². The molecule has 2 aromatic carbocycles. The van der Waals surface area contributed by atoms with E-state index in [1.54, 1.807) is 23.1 Å². The number of para-hydroxylation sites is 1. The van der Waals surface area contributed by atoms with Crippen molar-refractivity contribution in [2.45, 2.75) is 29.1 Å². The van der Waals surface area contributed by atoms with Crippen LogP contribution < -0.4 is 10.6 Å². The van der Waals surface area contributed by atoms with Crippen molar-refractivity contribution in [3.63, 3.8) is 0 Å². The molecule has 0 saturated carbocycles. The lowest BCUT2D eigenvalue weighted by Gasteiger charge is -2.30. The van der Waals surface area contributed by atoms with Crippen LogP contribution in [0.15, 0.2) is 81.9 Å². The zero-order valence-electron chi connectivity index (χ0n) is 18.5. The van der Waals surface area contributed by atoms with Crippen molar-refractivity contribution in [2.75, 3.05) is 31.5 Å². The molecule has 2 heterocycles. The first kappa shape index (κ1) is 23.5. The molecule has 1 fully saturated rings. The Morgan fingerprint density at radius 1 is 0.970 bits per heavy atom. The van der Waals surface area contributed by atoms with Gasteiger partial charge < -0.3 is 10.6 Å². The second-order valence-corrected chi connectivity index (χ2v) is 10.3. The molecule has 2 amide bonds. The minimum atomic E-state index is -0.0186. The molecule has 1 saturated heterocycles. The molecule has 5 nitrogen and oxygen atoms in total. The lowest BCUT2D eigenvalue weighted by molar-refractivity contribution is -0.126. The standard InChI is InChI=1S/C26H29N3O2S2/c30-25(28-23-10-4-5-11-24(23)33-22-7-2-1-3-8-22)19-29-16-13-20(14-17-29)26(31)27-15-12-21-9-6-18-32-21/h1-11,18,20H,12-17,19H2,(H,27,31)(H,28,30). The molecule has 1 aliphatic rings. The van der Waals surface area contributed by atoms with Gasteiger partial charge in [-0.2, -0.15) is 0 Å². The molecule has 0 aliphatic carbocycles. The highest BCUT2D eigenvalue weighted by Crippen LogP contribution is 2.33. The van der Waals surface area contributed by atoms with E-state index < -0.39 is 0 Å². The van der Waals surface area contributed by atoms with Gasteiger partial charge in [-0.15, -0.1) is 11.3 Å². The monoisotopic (exact) mass is 479 g/mol. The maximum Gasteiger partial charge on any atom is 0.238 e. The number of carbonyl (C=O) groups is 2. The molecule has 33 heavy (non-hydrogen) atoms. The van der Waals surface area contributed by atoms with Gasteiger partial charge in [0.25, 0.3) is 0 Å². The van der Waals surface area contributed by atoms with Crippen molar-refractivity contribution in [1.29, 1.82) is 0 Å². The minimum Gasteiger partial charge on any atom is -0.355 e. The van der Waals surface area contributed by atoms with Crippen LogP contribution >= 0.6 is 23.1 Å². The highest BCUT2D eigenvalue weighted by molar-refractivity contribution is 7.99. The van der Waals surface area contributed by atoms with Gasteiger partial charge in [0.05, 0.1) is 12.2 Å². The van der Waals surface area contributed by atoms with E-state index in [0.29, 0.717) is 13.1 Å². The van der Waals surface area contributed by atoms with Gasteiger partial charge >= 0.3 is 0 Å². The number of hydrogen-bond donors (Lipinski definition) is 2. The number of amides is 2. The number of anilines is 1. The van der Waals surface area contributed by atoms with Crippen LogP contribution in [0.5, 0.6) is 0 Å². The van der Waals surface area contributed by atoms with E-state index in [9.17, 15) is 9.59 Å². The SMILES string of the molecule is O=C(CN1CCC(C(=O)NCCc2cccs2)CC1)Nc1ccccc1Sc1ccccc1. The van der Waals surface area contributed by atoms with Crippen molar-refractivity contribution in [2.24, 2.45) is 5.92 Å². The third-order valence-corrected chi connectivity index (χ3v) is 7.73. The number of rotatable bonds is 9. The molecule has 7 heteroatoms. The fraction of sp³-hybridized carbons (Fsp3) is 0.308. The minimum absolute atomic E-state index is 0.0186. The summed E-state index contributed by atoms with van der Waals surface area (Å²) in [5.74, 6) is 0.160. The van der Waals surface area contributed by atoms with Crippen LogP contribution in [-0.4, -0.2) is 42.9 Å². The van der Waals surface area contributed by atoms with Crippen molar-refractivity contribution in [3.05, 3.63) is 77.0 Å². The lowest BCUT2D eigenvalue weighted by Crippen LogP contribution is -2.43. The normalized spacial score (nSPS) is 14.7. The number of likely N-dealkylation sites (tertiary alicyclic amines) is 1. The Morgan fingerprint density at radius 3 is 2.48 bits per heavy atom. The quantitative estimate of drug-likeness (QED) is 0.458. The Hall–Kier alpha value is -2.61. The maximum atomic E-state index is 12.7. The molecule has 0 unspecified atom stereocenters. The molecular weight excluding hydrogens is 450 g/mol. The Bertz CT molecular complexity index is 1030. The first-order valence-electron chi connectivity index (χ1n) is 11.3. The molecule has 1 aromatic heterocycles. The zero-order chi connectivity index (χ0) is 22.9. The summed E-state index contributed by atoms with van der Waals surface area (Å²) in [6.07, 6.45) is 2.46. The Morgan fingerprint density at radius 2 is 1.73 bits per heavy atom. The van der Waals surface area contributed by atoms with E-state index in [1.807, 2.05) is 48.5 Å². The van der Waals surface area contributed by atoms with Crippen molar-refractivity contribution < 1.29 is 9.59 Å². The fourth-order valence-corrected chi connectivity index (χ4v) is 5.56. The number of carbonyl (C=O) groups excluding carboxylic acids is 2. The van der Waals surface area contributed by atoms with Crippen LogP contribution in [0, 0.1) is 5.92 Å². The van der Waals surface area contributed by atoms with Gasteiger partial charge in [-0.25, -0.2) is 0 Å². The molecule has 1 aliphatic heterocycles. The van der Waals surface area contributed by atoms with E-state index >= 15 is 0 Å². The molecule has 3 aromatic rings. The van der Waals surface area contributed by atoms with Crippen molar-refractivity contribution >= 4 is 40.6 Å². The molecule has 0 bridgehead atoms. The van der Waals surface area contributed by atoms with E-state index in [1.165, 1.54) is 4.88 Å². The summed E-state index contributed by atoms with van der Waals surface area (Å²) in [7, 11) is 0. The van der Waals surface area contributed by atoms with Crippen molar-refractivity contribution in [1.82, 2.24) is 10.2 Å². The molecular formula is C26H29N3O2S2. The van der Waals surface area contributed by atoms with Crippen LogP contribution in [0.4, 0.5) is 5.69 Å². The van der Waals surface area contributed by atoms with E-state index in [0.717, 1.165) is 47.8 Å². The van der Waals surface area contributed by atoms with Crippen LogP contribution in [0.25, 0.3) is 0 Å². The Labute approximate surface area is 203 Å². The Kier molecular flexibility index (Phi) is 8.58. The predicted molar refractivity (Wildman–Crippen MR) is 136 cm³/mol. The summed E-state index contributed by atoms with van der Waals surface area (Å²) in [6, 6.07) is 22.2. The van der Waals surface area contributed by atoms with Gasteiger partial charge in [0.1, 0.15) is 0 Å². The van der Waals surface area contributed by atoms with Gasteiger partial charge in [-0.1, -0.05) is 48.2 Å². The molecule has 172 valence electrons. The van der Waals surface area contributed by atoms with Crippen LogP contribution in [0.1, 0.15) is 17.7 Å². The van der Waals surface area contributed by atoms with Crippen LogP contribution in [0.3, 0.4) is 0 Å². The number of hydrogen-bond acceptors (Lipinski definition) is 5. The molecule has 0 spiro atoms. The fourth-order valence-electron chi connectivity index (χ4n) is 3.93. The lowest BCUT2D eigenvalue weighted by atomic mass is 9.96. The third kappa shape index (κ3) is 7.19. The summed E-state index contributed by atoms with van der Waals surface area (Å²) in [5, 5.41) is 8.21. The molecule has 0 atom stereocenters. The summed E-state index contributed by atoms with van der Waals surface area (Å²) >= 11 is 3.36. The molecule has 2 N–H and O–H groups in total. The van der Waals surface area contributed by atoms with Gasteiger partial charge in [0.15, 0.2) is 0 Å². The summed E-state index contributed by atoms with van der Waals surface area (Å²) in [5.41, 5.74) is 0.830. The van der Waals surface area contributed by atoms with Gasteiger partial charge in [0.2, 0.25) is 11.8 Å². The molecule has 0 radical (unpaired) electrons. The van der Waals surface area contributed by atoms with Gasteiger partial charge in [-0.3, -0.25) is 14.5 Å². The number of nitrogens with one attached hydrogen (secondary N) is 2. The maximum absolute atomic E-state index is 12.7. The zero-order valence-corrected chi connectivity index (χ0v) is 20.2. The second-order valence-electron chi connectivity index (χ2n) is 8.13. The van der Waals surface area contributed by atoms with E-state index in [2.05, 4.69) is 39.1 Å². The van der Waals surface area contributed by atoms with Gasteiger partial charge in [0, 0.05) is 27.1 Å². The topological polar surface area (TPSA) is 61.4 Å². The highest BCUT2D eigenvalue weighted by Gasteiger charge is 2.25. The average molecular weight is 480 g/mol. The summed E-state index contributed by atoms with van der Waals surface area (Å²) in [4.78, 5) is 30.8. The average Bonchev–Trinajstić information content (AvgIpc) is 3.35. The summed E-state index contributed by atoms with van der Waals surface area (Å²) in [6.45, 7) is 2.55. The number of nitrogens with zero attached hydrogens (tertiary/aromatic N) is 1. The smallest absolute Gasteiger partial charge is 0.238 e.